The summed E-state index contributed by atoms with van der Waals surface area (Å²) in [5, 5.41) is 24.3. The number of para-hydroxylation sites is 4. The van der Waals surface area contributed by atoms with Gasteiger partial charge in [-0.25, -0.2) is 0 Å². The van der Waals surface area contributed by atoms with Gasteiger partial charge in [-0.2, -0.15) is 0 Å². The second kappa shape index (κ2) is 40.8. The number of ether oxygens (including phenoxy) is 2. The fourth-order valence-electron chi connectivity index (χ4n) is 10.2. The van der Waals surface area contributed by atoms with E-state index in [-0.39, 0.29) is 59.0 Å². The number of benzene rings is 12. The molecule has 0 bridgehead atoms. The number of pyridine rings is 2. The zero-order valence-corrected chi connectivity index (χ0v) is 61.1. The van der Waals surface area contributed by atoms with Crippen LogP contribution in [0.4, 0.5) is 45.5 Å². The van der Waals surface area contributed by atoms with Gasteiger partial charge in [-0.05, 0) is 178 Å². The molecule has 0 fully saturated rings. The van der Waals surface area contributed by atoms with Gasteiger partial charge in [0.05, 0.1) is 30.9 Å². The van der Waals surface area contributed by atoms with Crippen LogP contribution in [0.1, 0.15) is 11.1 Å². The Labute approximate surface area is 630 Å². The smallest absolute Gasteiger partial charge is 0.872 e. The molecule has 14 heteroatoms. The molecule has 2 aromatic heterocycles. The van der Waals surface area contributed by atoms with Crippen molar-refractivity contribution in [1.82, 2.24) is 9.97 Å². The molecular formula is C87H68Cl2N6O4Pt2. The first-order chi connectivity index (χ1) is 48.8. The molecule has 14 rings (SSSR count). The van der Waals surface area contributed by atoms with Gasteiger partial charge in [0.2, 0.25) is 0 Å². The van der Waals surface area contributed by atoms with Gasteiger partial charge in [-0.3, -0.25) is 9.98 Å². The molecular weight excluding hydrogens is 1650 g/mol. The third-order valence-corrected chi connectivity index (χ3v) is 15.1. The summed E-state index contributed by atoms with van der Waals surface area (Å²) in [6.07, 6.45) is 6.74. The van der Waals surface area contributed by atoms with Crippen LogP contribution in [0.25, 0.3) is 44.8 Å². The SMILES string of the molecule is COc1ccc([O-])c(C=Nc2ccc(-c3ccc(N(c4ccccc4)c4ccccc4)cc3)cc2)c1.COc1ccc([O-])c(C=Nc2ccc(-c3ccc(N(c4ccccc4)c4ccccc4)cc3)cc2)c1.ClCCl.[Pt+2].[Pt+2].[c-]1ccccc1-c1ccccn1.[c-]1ccccc1-c1ccccn1. The van der Waals surface area contributed by atoms with Crippen molar-refractivity contribution in [3.05, 3.63) is 375 Å². The van der Waals surface area contributed by atoms with Gasteiger partial charge in [0.25, 0.3) is 0 Å². The molecule has 0 saturated carbocycles. The molecule has 101 heavy (non-hydrogen) atoms. The Morgan fingerprint density at radius 2 is 0.644 bits per heavy atom. The van der Waals surface area contributed by atoms with Crippen molar-refractivity contribution >= 4 is 81.1 Å². The Kier molecular flexibility index (Phi) is 30.6. The predicted molar refractivity (Wildman–Crippen MR) is 406 cm³/mol. The Morgan fingerprint density at radius 1 is 0.356 bits per heavy atom. The fraction of sp³-hybridized carbons (Fsp3) is 0.0345. The zero-order valence-electron chi connectivity index (χ0n) is 55.1. The topological polar surface area (TPSA) is 122 Å². The van der Waals surface area contributed by atoms with Crippen molar-refractivity contribution in [2.45, 2.75) is 0 Å². The minimum Gasteiger partial charge on any atom is -0.872 e. The molecule has 0 amide bonds. The molecule has 0 N–H and O–H groups in total. The Morgan fingerprint density at radius 3 is 0.921 bits per heavy atom. The van der Waals surface area contributed by atoms with Crippen LogP contribution >= 0.6 is 23.2 Å². The second-order valence-electron chi connectivity index (χ2n) is 21.6. The maximum atomic E-state index is 12.1. The fourth-order valence-corrected chi connectivity index (χ4v) is 10.2. The van der Waals surface area contributed by atoms with E-state index in [1.165, 1.54) is 12.1 Å². The van der Waals surface area contributed by atoms with Crippen molar-refractivity contribution in [2.24, 2.45) is 9.98 Å². The number of hydrogen-bond donors (Lipinski definition) is 0. The number of aromatic nitrogens is 2. The summed E-state index contributed by atoms with van der Waals surface area (Å²) in [7, 11) is 3.15. The summed E-state index contributed by atoms with van der Waals surface area (Å²) in [6.45, 7) is 0. The molecule has 504 valence electrons. The maximum Gasteiger partial charge on any atom is 2.00 e. The first kappa shape index (κ1) is 75.8. The van der Waals surface area contributed by atoms with Crippen LogP contribution in [0, 0.1) is 12.1 Å². The standard InChI is InChI=1S/2C32H26N2O2.2C11H8N.CH2Cl2.2Pt/c2*1-36-31-20-21-32(35)26(22-31)23-33-27-16-12-24(13-17-27)25-14-18-30(19-15-25)34(28-8-4-2-5-9-28)29-10-6-3-7-11-29;2*1-2-6-10(7-3-1)11-8-4-5-9-12-11;2-1-3;;/h2*2-23,35H,1H3;2*1-6,8-9H;1H2;;/q;;2*-1;;2*+2/p-2. The molecule has 0 radical (unpaired) electrons. The summed E-state index contributed by atoms with van der Waals surface area (Å²) < 4.78 is 10.4. The maximum absolute atomic E-state index is 12.1. The predicted octanol–water partition coefficient (Wildman–Crippen LogP) is 21.8. The first-order valence-electron chi connectivity index (χ1n) is 31.7. The summed E-state index contributed by atoms with van der Waals surface area (Å²) in [5.74, 6) is 1.09. The summed E-state index contributed by atoms with van der Waals surface area (Å²) in [4.78, 5) is 21.8. The molecule has 2 heterocycles. The minimum absolute atomic E-state index is 0. The molecule has 0 unspecified atom stereocenters. The summed E-state index contributed by atoms with van der Waals surface area (Å²) in [5.41, 5.74) is 17.6. The largest absolute Gasteiger partial charge is 2.00 e. The van der Waals surface area contributed by atoms with Gasteiger partial charge in [0.15, 0.2) is 0 Å². The number of halogens is 2. The van der Waals surface area contributed by atoms with Gasteiger partial charge in [0.1, 0.15) is 11.5 Å². The van der Waals surface area contributed by atoms with Gasteiger partial charge in [-0.1, -0.05) is 169 Å². The number of hydrogen-bond acceptors (Lipinski definition) is 10. The number of anilines is 6. The number of rotatable bonds is 16. The van der Waals surface area contributed by atoms with Gasteiger partial charge >= 0.3 is 42.1 Å². The van der Waals surface area contributed by atoms with Gasteiger partial charge in [-0.15, -0.1) is 95.0 Å². The third kappa shape index (κ3) is 22.5. The van der Waals surface area contributed by atoms with Crippen LogP contribution in [-0.2, 0) is 42.1 Å². The molecule has 0 atom stereocenters. The molecule has 0 aliphatic carbocycles. The van der Waals surface area contributed by atoms with Crippen molar-refractivity contribution < 1.29 is 61.8 Å². The first-order valence-corrected chi connectivity index (χ1v) is 32.7. The van der Waals surface area contributed by atoms with Gasteiger partial charge in [0, 0.05) is 58.9 Å². The van der Waals surface area contributed by atoms with E-state index in [1.807, 2.05) is 158 Å². The van der Waals surface area contributed by atoms with E-state index in [1.54, 1.807) is 63.3 Å². The third-order valence-electron chi connectivity index (χ3n) is 15.1. The van der Waals surface area contributed by atoms with Crippen molar-refractivity contribution in [3.63, 3.8) is 0 Å². The van der Waals surface area contributed by atoms with Crippen molar-refractivity contribution in [3.8, 4) is 67.8 Å². The number of alkyl halides is 2. The second-order valence-corrected chi connectivity index (χ2v) is 22.4. The van der Waals surface area contributed by atoms with Crippen LogP contribution in [0.3, 0.4) is 0 Å². The van der Waals surface area contributed by atoms with E-state index in [0.29, 0.717) is 22.6 Å². The van der Waals surface area contributed by atoms with E-state index in [9.17, 15) is 10.2 Å². The normalized spacial score (nSPS) is 10.3. The van der Waals surface area contributed by atoms with Crippen LogP contribution in [0.2, 0.25) is 0 Å². The van der Waals surface area contributed by atoms with Crippen LogP contribution in [-0.4, -0.2) is 42.0 Å². The molecule has 12 aromatic carbocycles. The molecule has 0 aliphatic heterocycles. The van der Waals surface area contributed by atoms with Crippen molar-refractivity contribution in [2.75, 3.05) is 29.4 Å². The Hall–Kier alpha value is -11.0. The van der Waals surface area contributed by atoms with E-state index in [0.717, 1.165) is 90.3 Å². The molecule has 0 aliphatic rings. The number of nitrogens with zero attached hydrogens (tertiary/aromatic N) is 6. The monoisotopic (exact) mass is 1720 g/mol. The average molecular weight is 1720 g/mol. The molecule has 0 spiro atoms. The Balaban J connectivity index is 0.000000185. The van der Waals surface area contributed by atoms with Crippen LogP contribution in [0.5, 0.6) is 23.0 Å². The summed E-state index contributed by atoms with van der Waals surface area (Å²) >= 11 is 9.53. The summed E-state index contributed by atoms with van der Waals surface area (Å²) in [6, 6.07) is 118. The van der Waals surface area contributed by atoms with E-state index >= 15 is 0 Å². The number of aliphatic imine (C=N–C) groups is 2. The van der Waals surface area contributed by atoms with E-state index in [2.05, 4.69) is 187 Å². The minimum atomic E-state index is -0.0868. The van der Waals surface area contributed by atoms with E-state index in [4.69, 9.17) is 32.7 Å². The van der Waals surface area contributed by atoms with Crippen molar-refractivity contribution in [1.29, 1.82) is 0 Å². The number of methoxy groups -OCH3 is 2. The molecule has 10 nitrogen and oxygen atoms in total. The zero-order chi connectivity index (χ0) is 68.6. The molecule has 14 aromatic rings. The van der Waals surface area contributed by atoms with Crippen LogP contribution < -0.4 is 29.5 Å². The van der Waals surface area contributed by atoms with Gasteiger partial charge < -0.3 is 39.5 Å². The average Bonchev–Trinajstić information content (AvgIpc) is 0.814. The Bertz CT molecular complexity index is 4260. The van der Waals surface area contributed by atoms with Crippen LogP contribution in [0.15, 0.2) is 362 Å². The quantitative estimate of drug-likeness (QED) is 0.0533. The van der Waals surface area contributed by atoms with E-state index < -0.39 is 0 Å². The molecule has 0 saturated heterocycles.